The molecule has 0 bridgehead atoms. The van der Waals surface area contributed by atoms with Gasteiger partial charge in [0.2, 0.25) is 0 Å². The first kappa shape index (κ1) is 11.3. The molecule has 0 fully saturated rings. The van der Waals surface area contributed by atoms with Crippen molar-refractivity contribution in [1.29, 1.82) is 0 Å². The van der Waals surface area contributed by atoms with Crippen molar-refractivity contribution in [2.24, 2.45) is 0 Å². The van der Waals surface area contributed by atoms with Crippen LogP contribution in [0.2, 0.25) is 0 Å². The van der Waals surface area contributed by atoms with Crippen molar-refractivity contribution in [3.8, 4) is 0 Å². The first-order valence-electron chi connectivity index (χ1n) is 5.06. The Bertz CT molecular complexity index is 529. The van der Waals surface area contributed by atoms with Crippen LogP contribution >= 0.6 is 0 Å². The summed E-state index contributed by atoms with van der Waals surface area (Å²) >= 11 is 0. The second kappa shape index (κ2) is 4.78. The summed E-state index contributed by atoms with van der Waals surface area (Å²) in [7, 11) is 1.75. The Morgan fingerprint density at radius 1 is 1.00 bits per heavy atom. The van der Waals surface area contributed by atoms with E-state index in [1.807, 2.05) is 0 Å². The Morgan fingerprint density at radius 3 is 2.47 bits per heavy atom. The van der Waals surface area contributed by atoms with Crippen molar-refractivity contribution in [1.82, 2.24) is 4.98 Å². The predicted molar refractivity (Wildman–Crippen MR) is 63.4 cm³/mol. The first-order valence-corrected chi connectivity index (χ1v) is 5.06. The normalized spacial score (nSPS) is 10.1. The highest BCUT2D eigenvalue weighted by Gasteiger charge is 2.03. The van der Waals surface area contributed by atoms with Gasteiger partial charge in [-0.25, -0.2) is 13.8 Å². The molecule has 1 heterocycles. The van der Waals surface area contributed by atoms with Crippen LogP contribution in [-0.2, 0) is 0 Å². The van der Waals surface area contributed by atoms with E-state index < -0.39 is 11.6 Å². The number of hydrogen-bond donors (Lipinski definition) is 2. The third-order valence-corrected chi connectivity index (χ3v) is 2.20. The summed E-state index contributed by atoms with van der Waals surface area (Å²) in [5.74, 6) is -0.507. The molecule has 3 nitrogen and oxygen atoms in total. The molecule has 0 radical (unpaired) electrons. The maximum Gasteiger partial charge on any atom is 0.160 e. The minimum Gasteiger partial charge on any atom is -0.373 e. The number of pyridine rings is 1. The highest BCUT2D eigenvalue weighted by molar-refractivity contribution is 5.57. The summed E-state index contributed by atoms with van der Waals surface area (Å²) in [6.07, 6.45) is 0. The molecular formula is C12H11F2N3. The summed E-state index contributed by atoms with van der Waals surface area (Å²) in [4.78, 5) is 4.20. The van der Waals surface area contributed by atoms with E-state index in [0.717, 1.165) is 12.1 Å². The molecule has 5 heteroatoms. The van der Waals surface area contributed by atoms with Gasteiger partial charge in [0.25, 0.3) is 0 Å². The number of benzene rings is 1. The van der Waals surface area contributed by atoms with Crippen LogP contribution in [0.5, 0.6) is 0 Å². The highest BCUT2D eigenvalue weighted by Crippen LogP contribution is 2.18. The van der Waals surface area contributed by atoms with Gasteiger partial charge in [0.1, 0.15) is 11.6 Å². The second-order valence-corrected chi connectivity index (χ2v) is 3.41. The zero-order valence-electron chi connectivity index (χ0n) is 9.17. The van der Waals surface area contributed by atoms with Crippen molar-refractivity contribution < 1.29 is 8.78 Å². The first-order chi connectivity index (χ1) is 8.19. The molecule has 0 aliphatic carbocycles. The van der Waals surface area contributed by atoms with Crippen LogP contribution in [0.25, 0.3) is 0 Å². The van der Waals surface area contributed by atoms with Crippen LogP contribution in [0.3, 0.4) is 0 Å². The quantitative estimate of drug-likeness (QED) is 0.858. The number of nitrogens with zero attached hydrogens (tertiary/aromatic N) is 1. The average molecular weight is 235 g/mol. The van der Waals surface area contributed by atoms with Gasteiger partial charge >= 0.3 is 0 Å². The number of rotatable bonds is 3. The molecule has 0 aliphatic heterocycles. The van der Waals surface area contributed by atoms with E-state index in [1.165, 1.54) is 6.07 Å². The van der Waals surface area contributed by atoms with E-state index in [1.54, 1.807) is 25.2 Å². The fourth-order valence-electron chi connectivity index (χ4n) is 1.37. The molecule has 0 saturated carbocycles. The second-order valence-electron chi connectivity index (χ2n) is 3.41. The van der Waals surface area contributed by atoms with Gasteiger partial charge in [0, 0.05) is 18.8 Å². The van der Waals surface area contributed by atoms with Crippen molar-refractivity contribution in [2.45, 2.75) is 0 Å². The summed E-state index contributed by atoms with van der Waals surface area (Å²) < 4.78 is 25.7. The summed E-state index contributed by atoms with van der Waals surface area (Å²) in [5.41, 5.74) is 0.449. The predicted octanol–water partition coefficient (Wildman–Crippen LogP) is 3.15. The van der Waals surface area contributed by atoms with E-state index in [9.17, 15) is 8.78 Å². The Kier molecular flexibility index (Phi) is 3.18. The molecule has 0 amide bonds. The van der Waals surface area contributed by atoms with E-state index in [-0.39, 0.29) is 0 Å². The zero-order chi connectivity index (χ0) is 12.3. The number of nitrogens with one attached hydrogen (secondary N) is 2. The van der Waals surface area contributed by atoms with Gasteiger partial charge in [-0.3, -0.25) is 0 Å². The molecule has 1 aromatic carbocycles. The number of halogens is 2. The number of anilines is 3. The average Bonchev–Trinajstić information content (AvgIpc) is 2.34. The van der Waals surface area contributed by atoms with Gasteiger partial charge in [-0.05, 0) is 24.3 Å². The largest absolute Gasteiger partial charge is 0.373 e. The number of hydrogen-bond acceptors (Lipinski definition) is 3. The van der Waals surface area contributed by atoms with Gasteiger partial charge < -0.3 is 10.6 Å². The van der Waals surface area contributed by atoms with E-state index in [2.05, 4.69) is 15.6 Å². The lowest BCUT2D eigenvalue weighted by molar-refractivity contribution is 0.509. The third-order valence-electron chi connectivity index (χ3n) is 2.20. The fourth-order valence-corrected chi connectivity index (χ4v) is 1.37. The Labute approximate surface area is 97.5 Å². The van der Waals surface area contributed by atoms with Crippen LogP contribution in [0.4, 0.5) is 26.1 Å². The summed E-state index contributed by atoms with van der Waals surface area (Å²) in [6, 6.07) is 8.95. The fraction of sp³-hybridized carbons (Fsp3) is 0.0833. The van der Waals surface area contributed by atoms with Crippen LogP contribution in [-0.4, -0.2) is 12.0 Å². The maximum atomic E-state index is 13.0. The van der Waals surface area contributed by atoms with Gasteiger partial charge in [-0.1, -0.05) is 6.07 Å². The summed E-state index contributed by atoms with van der Waals surface area (Å²) in [6.45, 7) is 0. The van der Waals surface area contributed by atoms with Crippen LogP contribution in [0.1, 0.15) is 0 Å². The van der Waals surface area contributed by atoms with Crippen molar-refractivity contribution in [3.63, 3.8) is 0 Å². The van der Waals surface area contributed by atoms with E-state index in [4.69, 9.17) is 0 Å². The molecule has 2 aromatic rings. The maximum absolute atomic E-state index is 13.0. The van der Waals surface area contributed by atoms with E-state index in [0.29, 0.717) is 17.3 Å². The van der Waals surface area contributed by atoms with Crippen molar-refractivity contribution in [3.05, 3.63) is 48.0 Å². The van der Waals surface area contributed by atoms with Crippen LogP contribution in [0.15, 0.2) is 36.4 Å². The van der Waals surface area contributed by atoms with Crippen molar-refractivity contribution in [2.75, 3.05) is 17.7 Å². The standard InChI is InChI=1S/C12H11F2N3/c1-15-11-3-2-4-12(17-11)16-8-5-6-9(13)10(14)7-8/h2-7H,1H3,(H2,15,16,17). The van der Waals surface area contributed by atoms with Gasteiger partial charge in [0.05, 0.1) is 0 Å². The lowest BCUT2D eigenvalue weighted by Gasteiger charge is -2.07. The summed E-state index contributed by atoms with van der Waals surface area (Å²) in [5, 5.41) is 5.78. The molecule has 0 spiro atoms. The number of aromatic nitrogens is 1. The lowest BCUT2D eigenvalue weighted by atomic mass is 10.3. The molecule has 2 N–H and O–H groups in total. The van der Waals surface area contributed by atoms with Crippen molar-refractivity contribution >= 4 is 17.3 Å². The third kappa shape index (κ3) is 2.69. The van der Waals surface area contributed by atoms with Gasteiger partial charge in [0.15, 0.2) is 11.6 Å². The smallest absolute Gasteiger partial charge is 0.160 e. The molecule has 88 valence electrons. The monoisotopic (exact) mass is 235 g/mol. The van der Waals surface area contributed by atoms with Crippen LogP contribution in [0, 0.1) is 11.6 Å². The molecular weight excluding hydrogens is 224 g/mol. The van der Waals surface area contributed by atoms with E-state index >= 15 is 0 Å². The highest BCUT2D eigenvalue weighted by atomic mass is 19.2. The molecule has 0 aliphatic rings. The molecule has 0 saturated heterocycles. The van der Waals surface area contributed by atoms with Gasteiger partial charge in [-0.15, -0.1) is 0 Å². The molecule has 1 aromatic heterocycles. The minimum absolute atomic E-state index is 0.449. The SMILES string of the molecule is CNc1cccc(Nc2ccc(F)c(F)c2)n1. The molecule has 0 unspecified atom stereocenters. The Hall–Kier alpha value is -2.17. The molecule has 0 atom stereocenters. The minimum atomic E-state index is -0.889. The van der Waals surface area contributed by atoms with Crippen LogP contribution < -0.4 is 10.6 Å². The zero-order valence-corrected chi connectivity index (χ0v) is 9.17. The topological polar surface area (TPSA) is 37.0 Å². The molecule has 17 heavy (non-hydrogen) atoms. The Balaban J connectivity index is 2.22. The Morgan fingerprint density at radius 2 is 1.76 bits per heavy atom. The molecule has 2 rings (SSSR count). The van der Waals surface area contributed by atoms with Gasteiger partial charge in [-0.2, -0.15) is 0 Å². The lowest BCUT2D eigenvalue weighted by Crippen LogP contribution is -1.98.